The average molecular weight is 307 g/mol. The van der Waals surface area contributed by atoms with E-state index < -0.39 is 17.5 Å². The molecule has 21 heavy (non-hydrogen) atoms. The SMILES string of the molecule is O=C(c1cccc(C(F)(F)F)c1)c1cnc2ccsc2c1. The maximum atomic E-state index is 12.7. The normalized spacial score (nSPS) is 11.8. The van der Waals surface area contributed by atoms with Gasteiger partial charge in [0.1, 0.15) is 0 Å². The van der Waals surface area contributed by atoms with E-state index in [4.69, 9.17) is 0 Å². The van der Waals surface area contributed by atoms with Crippen LogP contribution in [-0.2, 0) is 6.18 Å². The molecule has 0 saturated heterocycles. The van der Waals surface area contributed by atoms with Crippen molar-refractivity contribution in [2.45, 2.75) is 6.18 Å². The van der Waals surface area contributed by atoms with Gasteiger partial charge in [-0.05, 0) is 29.6 Å². The smallest absolute Gasteiger partial charge is 0.289 e. The number of thiophene rings is 1. The van der Waals surface area contributed by atoms with Crippen molar-refractivity contribution in [3.8, 4) is 0 Å². The van der Waals surface area contributed by atoms with Gasteiger partial charge in [-0.1, -0.05) is 12.1 Å². The Morgan fingerprint density at radius 1 is 1.10 bits per heavy atom. The summed E-state index contributed by atoms with van der Waals surface area (Å²) in [6.07, 6.45) is -3.08. The highest BCUT2D eigenvalue weighted by Gasteiger charge is 2.31. The molecule has 0 amide bonds. The van der Waals surface area contributed by atoms with Gasteiger partial charge in [0.05, 0.1) is 15.8 Å². The maximum absolute atomic E-state index is 12.7. The van der Waals surface area contributed by atoms with Crippen LogP contribution in [0.5, 0.6) is 0 Å². The second-order valence-electron chi connectivity index (χ2n) is 4.44. The topological polar surface area (TPSA) is 30.0 Å². The largest absolute Gasteiger partial charge is 0.416 e. The molecule has 2 aromatic heterocycles. The lowest BCUT2D eigenvalue weighted by molar-refractivity contribution is -0.137. The Morgan fingerprint density at radius 2 is 1.90 bits per heavy atom. The van der Waals surface area contributed by atoms with E-state index in [0.717, 1.165) is 22.3 Å². The molecule has 2 nitrogen and oxygen atoms in total. The average Bonchev–Trinajstić information content (AvgIpc) is 2.93. The van der Waals surface area contributed by atoms with E-state index >= 15 is 0 Å². The molecule has 0 atom stereocenters. The number of alkyl halides is 3. The second-order valence-corrected chi connectivity index (χ2v) is 5.38. The van der Waals surface area contributed by atoms with Crippen molar-refractivity contribution in [2.75, 3.05) is 0 Å². The Bertz CT molecular complexity index is 823. The molecule has 0 aliphatic rings. The molecule has 3 aromatic rings. The molecule has 106 valence electrons. The highest BCUT2D eigenvalue weighted by atomic mass is 32.1. The van der Waals surface area contributed by atoms with Crippen molar-refractivity contribution in [1.29, 1.82) is 0 Å². The number of fused-ring (bicyclic) bond motifs is 1. The molecule has 0 N–H and O–H groups in total. The van der Waals surface area contributed by atoms with Crippen LogP contribution in [0.1, 0.15) is 21.5 Å². The number of ketones is 1. The Balaban J connectivity index is 2.01. The third kappa shape index (κ3) is 2.67. The Labute approximate surface area is 121 Å². The first kappa shape index (κ1) is 13.8. The number of hydrogen-bond acceptors (Lipinski definition) is 3. The molecule has 0 aliphatic carbocycles. The number of aromatic nitrogens is 1. The maximum Gasteiger partial charge on any atom is 0.416 e. The highest BCUT2D eigenvalue weighted by molar-refractivity contribution is 7.17. The minimum Gasteiger partial charge on any atom is -0.289 e. The molecule has 6 heteroatoms. The van der Waals surface area contributed by atoms with E-state index in [0.29, 0.717) is 0 Å². The van der Waals surface area contributed by atoms with Gasteiger partial charge in [-0.3, -0.25) is 9.78 Å². The summed E-state index contributed by atoms with van der Waals surface area (Å²) in [4.78, 5) is 16.4. The number of carbonyl (C=O) groups is 1. The Kier molecular flexibility index (Phi) is 3.25. The van der Waals surface area contributed by atoms with Crippen LogP contribution >= 0.6 is 11.3 Å². The van der Waals surface area contributed by atoms with Gasteiger partial charge in [-0.15, -0.1) is 11.3 Å². The van der Waals surface area contributed by atoms with E-state index in [-0.39, 0.29) is 11.1 Å². The monoisotopic (exact) mass is 307 g/mol. The van der Waals surface area contributed by atoms with Crippen molar-refractivity contribution in [2.24, 2.45) is 0 Å². The summed E-state index contributed by atoms with van der Waals surface area (Å²) in [6, 6.07) is 7.87. The van der Waals surface area contributed by atoms with E-state index in [1.54, 1.807) is 6.07 Å². The van der Waals surface area contributed by atoms with Gasteiger partial charge in [0.2, 0.25) is 0 Å². The summed E-state index contributed by atoms with van der Waals surface area (Å²) >= 11 is 1.43. The Hall–Kier alpha value is -2.21. The zero-order valence-corrected chi connectivity index (χ0v) is 11.3. The fraction of sp³-hybridized carbons (Fsp3) is 0.0667. The molecule has 0 radical (unpaired) electrons. The van der Waals surface area contributed by atoms with Crippen LogP contribution in [0.2, 0.25) is 0 Å². The number of rotatable bonds is 2. The summed E-state index contributed by atoms with van der Waals surface area (Å²) < 4.78 is 38.9. The van der Waals surface area contributed by atoms with Crippen LogP contribution in [0.4, 0.5) is 13.2 Å². The minimum atomic E-state index is -4.47. The van der Waals surface area contributed by atoms with Crippen LogP contribution in [0, 0.1) is 0 Å². The quantitative estimate of drug-likeness (QED) is 0.650. The van der Waals surface area contributed by atoms with E-state index in [1.807, 2.05) is 11.4 Å². The van der Waals surface area contributed by atoms with E-state index in [9.17, 15) is 18.0 Å². The summed E-state index contributed by atoms with van der Waals surface area (Å²) in [7, 11) is 0. The van der Waals surface area contributed by atoms with Crippen LogP contribution in [0.15, 0.2) is 48.0 Å². The summed E-state index contributed by atoms with van der Waals surface area (Å²) in [5.41, 5.74) is 0.214. The molecule has 1 aromatic carbocycles. The first-order valence-electron chi connectivity index (χ1n) is 6.00. The summed E-state index contributed by atoms with van der Waals surface area (Å²) in [5, 5.41) is 1.84. The fourth-order valence-electron chi connectivity index (χ4n) is 1.97. The third-order valence-corrected chi connectivity index (χ3v) is 3.87. The van der Waals surface area contributed by atoms with Crippen LogP contribution < -0.4 is 0 Å². The fourth-order valence-corrected chi connectivity index (χ4v) is 2.75. The molecule has 0 bridgehead atoms. The first-order chi connectivity index (χ1) is 9.95. The Morgan fingerprint density at radius 3 is 2.67 bits per heavy atom. The molecule has 0 fully saturated rings. The molecule has 2 heterocycles. The van der Waals surface area contributed by atoms with Gasteiger partial charge in [-0.25, -0.2) is 0 Å². The lowest BCUT2D eigenvalue weighted by Crippen LogP contribution is -2.08. The van der Waals surface area contributed by atoms with Crippen LogP contribution in [0.3, 0.4) is 0 Å². The van der Waals surface area contributed by atoms with Gasteiger partial charge in [0, 0.05) is 17.3 Å². The van der Waals surface area contributed by atoms with Gasteiger partial charge in [0.25, 0.3) is 0 Å². The molecular formula is C15H8F3NOS. The highest BCUT2D eigenvalue weighted by Crippen LogP contribution is 2.30. The van der Waals surface area contributed by atoms with Gasteiger partial charge in [0.15, 0.2) is 5.78 Å². The summed E-state index contributed by atoms with van der Waals surface area (Å²) in [5.74, 6) is -0.469. The number of benzene rings is 1. The second kappa shape index (κ2) is 4.96. The van der Waals surface area contributed by atoms with Crippen molar-refractivity contribution in [1.82, 2.24) is 4.98 Å². The molecular weight excluding hydrogens is 299 g/mol. The lowest BCUT2D eigenvalue weighted by Gasteiger charge is -2.08. The van der Waals surface area contributed by atoms with Crippen molar-refractivity contribution in [3.05, 3.63) is 64.7 Å². The lowest BCUT2D eigenvalue weighted by atomic mass is 10.0. The van der Waals surface area contributed by atoms with Gasteiger partial charge < -0.3 is 0 Å². The number of carbonyl (C=O) groups excluding carboxylic acids is 1. The van der Waals surface area contributed by atoms with Crippen molar-refractivity contribution >= 4 is 27.3 Å². The number of hydrogen-bond donors (Lipinski definition) is 0. The first-order valence-corrected chi connectivity index (χ1v) is 6.88. The number of nitrogens with zero attached hydrogens (tertiary/aromatic N) is 1. The molecule has 0 aliphatic heterocycles. The zero-order chi connectivity index (χ0) is 15.0. The summed E-state index contributed by atoms with van der Waals surface area (Å²) in [6.45, 7) is 0. The minimum absolute atomic E-state index is 0.00234. The molecule has 3 rings (SSSR count). The van der Waals surface area contributed by atoms with E-state index in [2.05, 4.69) is 4.98 Å². The van der Waals surface area contributed by atoms with E-state index in [1.165, 1.54) is 29.7 Å². The van der Waals surface area contributed by atoms with Crippen LogP contribution in [0.25, 0.3) is 10.2 Å². The number of halogens is 3. The predicted octanol–water partition coefficient (Wildman–Crippen LogP) is 4.55. The number of pyridine rings is 1. The molecule has 0 saturated carbocycles. The zero-order valence-electron chi connectivity index (χ0n) is 10.5. The van der Waals surface area contributed by atoms with Crippen LogP contribution in [-0.4, -0.2) is 10.8 Å². The van der Waals surface area contributed by atoms with Crippen molar-refractivity contribution < 1.29 is 18.0 Å². The molecule has 0 spiro atoms. The van der Waals surface area contributed by atoms with Gasteiger partial charge >= 0.3 is 6.18 Å². The van der Waals surface area contributed by atoms with Crippen molar-refractivity contribution in [3.63, 3.8) is 0 Å². The standard InChI is InChI=1S/C15H8F3NOS/c16-15(17,18)11-3-1-2-9(6-11)14(20)10-7-13-12(19-8-10)4-5-21-13/h1-8H. The predicted molar refractivity (Wildman–Crippen MR) is 74.5 cm³/mol. The third-order valence-electron chi connectivity index (χ3n) is 3.02. The van der Waals surface area contributed by atoms with Gasteiger partial charge in [-0.2, -0.15) is 13.2 Å². The molecule has 0 unspecified atom stereocenters.